The van der Waals surface area contributed by atoms with E-state index in [0.29, 0.717) is 4.90 Å². The van der Waals surface area contributed by atoms with Gasteiger partial charge in [0, 0.05) is 30.2 Å². The molecule has 0 spiro atoms. The number of halogens is 2. The second kappa shape index (κ2) is 11.1. The van der Waals surface area contributed by atoms with Crippen LogP contribution in [0, 0.1) is 11.8 Å². The summed E-state index contributed by atoms with van der Waals surface area (Å²) in [7, 11) is 7.29. The van der Waals surface area contributed by atoms with Gasteiger partial charge in [0.05, 0.1) is 40.4 Å². The van der Waals surface area contributed by atoms with Crippen LogP contribution >= 0.6 is 0 Å². The van der Waals surface area contributed by atoms with Crippen LogP contribution in [-0.2, 0) is 16.6 Å². The number of nitrogens with one attached hydrogen (secondary N) is 1. The molecule has 1 aliphatic rings. The van der Waals surface area contributed by atoms with Crippen LogP contribution in [0.4, 0.5) is 20.2 Å². The van der Waals surface area contributed by atoms with Gasteiger partial charge in [0.25, 0.3) is 0 Å². The van der Waals surface area contributed by atoms with Gasteiger partial charge in [0.1, 0.15) is 17.0 Å². The number of pyridine rings is 1. The number of aliphatic hydroxyl groups is 6. The Morgan fingerprint density at radius 1 is 1.09 bits per heavy atom. The first-order chi connectivity index (χ1) is 21.9. The summed E-state index contributed by atoms with van der Waals surface area (Å²) in [6.45, 7) is 2.78. The smallest absolute Gasteiger partial charge is 0.370 e. The van der Waals surface area contributed by atoms with Crippen molar-refractivity contribution in [3.05, 3.63) is 42.5 Å². The van der Waals surface area contributed by atoms with Crippen molar-refractivity contribution in [2.24, 2.45) is 0 Å². The Bertz CT molecular complexity index is 2000. The number of hydrogen-bond acceptors (Lipinski definition) is 11. The number of fused-ring (bicyclic) bond motifs is 2. The molecule has 2 radical (unpaired) electrons. The predicted molar refractivity (Wildman–Crippen MR) is 164 cm³/mol. The van der Waals surface area contributed by atoms with E-state index in [2.05, 4.69) is 20.2 Å². The van der Waals surface area contributed by atoms with Crippen LogP contribution in [0.15, 0.2) is 30.7 Å². The first-order valence-electron chi connectivity index (χ1n) is 14.5. The Morgan fingerprint density at radius 2 is 1.77 bits per heavy atom. The number of nitrogens with zero attached hydrogens (tertiary/aromatic N) is 7. The minimum Gasteiger partial charge on any atom is -0.370 e. The summed E-state index contributed by atoms with van der Waals surface area (Å²) in [5.74, 6) is -5.22. The van der Waals surface area contributed by atoms with Gasteiger partial charge in [-0.15, -0.1) is 5.10 Å². The summed E-state index contributed by atoms with van der Waals surface area (Å²) in [6.07, 6.45) is 3.37. The zero-order valence-electron chi connectivity index (χ0n) is 25.4. The minimum atomic E-state index is -3.53. The predicted octanol–water partition coefficient (Wildman–Crippen LogP) is 1.06. The molecule has 47 heavy (non-hydrogen) atoms. The average molecular weight is 652 g/mol. The highest BCUT2D eigenvalue weighted by atomic mass is 19.1. The Morgan fingerprint density at radius 3 is 2.34 bits per heavy atom. The molecule has 4 aromatic heterocycles. The first kappa shape index (κ1) is 32.5. The molecule has 1 aromatic carbocycles. The molecule has 1 fully saturated rings. The van der Waals surface area contributed by atoms with Crippen molar-refractivity contribution < 1.29 is 44.2 Å². The van der Waals surface area contributed by atoms with E-state index in [1.165, 1.54) is 32.3 Å². The van der Waals surface area contributed by atoms with Crippen LogP contribution in [0.5, 0.6) is 0 Å². The zero-order chi connectivity index (χ0) is 34.2. The fraction of sp³-hybridized carbons (Fsp3) is 0.379. The van der Waals surface area contributed by atoms with Crippen molar-refractivity contribution in [1.29, 1.82) is 0 Å². The van der Waals surface area contributed by atoms with Crippen LogP contribution in [-0.4, -0.2) is 93.3 Å². The minimum absolute atomic E-state index is 0.00510. The number of rotatable bonds is 9. The molecule has 0 aliphatic heterocycles. The summed E-state index contributed by atoms with van der Waals surface area (Å²) in [5, 5.41) is 68.2. The van der Waals surface area contributed by atoms with Gasteiger partial charge in [0.15, 0.2) is 19.4 Å². The van der Waals surface area contributed by atoms with Crippen molar-refractivity contribution in [1.82, 2.24) is 29.5 Å². The third-order valence-electron chi connectivity index (χ3n) is 8.41. The van der Waals surface area contributed by atoms with E-state index in [0.717, 1.165) is 42.6 Å². The number of aromatic amines is 1. The summed E-state index contributed by atoms with van der Waals surface area (Å²) >= 11 is 0. The summed E-state index contributed by atoms with van der Waals surface area (Å²) in [5.41, 5.74) is -1.81. The Kier molecular flexibility index (Phi) is 7.65. The number of amides is 1. The van der Waals surface area contributed by atoms with Crippen LogP contribution in [0.2, 0.25) is 0 Å². The molecule has 0 bridgehead atoms. The third-order valence-corrected chi connectivity index (χ3v) is 8.41. The van der Waals surface area contributed by atoms with Gasteiger partial charge in [-0.3, -0.25) is 9.69 Å². The molecule has 7 N–H and O–H groups in total. The molecule has 18 heteroatoms. The number of aromatic nitrogens is 6. The van der Waals surface area contributed by atoms with E-state index in [1.54, 1.807) is 7.05 Å². The summed E-state index contributed by atoms with van der Waals surface area (Å²) in [4.78, 5) is 22.0. The van der Waals surface area contributed by atoms with E-state index in [1.807, 2.05) is 4.90 Å². The van der Waals surface area contributed by atoms with Gasteiger partial charge in [-0.05, 0) is 44.4 Å². The summed E-state index contributed by atoms with van der Waals surface area (Å²) in [6, 6.07) is 2.29. The Labute approximate surface area is 266 Å². The second-order valence-electron chi connectivity index (χ2n) is 12.1. The number of carbonyl (C=O) groups excluding carboxylic acids is 1. The highest BCUT2D eigenvalue weighted by Gasteiger charge is 2.35. The fourth-order valence-electron chi connectivity index (χ4n) is 6.23. The maximum atomic E-state index is 15.9. The standard InChI is InChI=1S/C29H31BF2N8O7/c1-27(2,42)39-12-17(25(32)36-39)22-20(14-8-15-10-34-40(29(45,46)47)23(15)18(31)9-14)21-24(37(3)16-6-4-5-7-16)19(11-33-26(21)35-22)38(13-41)28(30,43)44/h8-13,16,42-47H,4-7H2,1-3H3,(H,33,35). The highest BCUT2D eigenvalue weighted by Crippen LogP contribution is 2.48. The monoisotopic (exact) mass is 652 g/mol. The van der Waals surface area contributed by atoms with Crippen molar-refractivity contribution in [3.63, 3.8) is 0 Å². The molecule has 15 nitrogen and oxygen atoms in total. The van der Waals surface area contributed by atoms with Crippen molar-refractivity contribution >= 4 is 47.6 Å². The number of benzene rings is 1. The Hall–Kier alpha value is -4.46. The molecule has 4 heterocycles. The van der Waals surface area contributed by atoms with E-state index in [4.69, 9.17) is 7.85 Å². The number of anilines is 2. The third kappa shape index (κ3) is 5.51. The number of carbonyl (C=O) groups is 1. The lowest BCUT2D eigenvalue weighted by Gasteiger charge is -2.35. The van der Waals surface area contributed by atoms with Gasteiger partial charge in [-0.25, -0.2) is 14.1 Å². The molecular formula is C29H31BF2N8O7. The lowest BCUT2D eigenvalue weighted by molar-refractivity contribution is -0.378. The lowest BCUT2D eigenvalue weighted by Crippen LogP contribution is -2.49. The van der Waals surface area contributed by atoms with Crippen LogP contribution in [0.3, 0.4) is 0 Å². The summed E-state index contributed by atoms with van der Waals surface area (Å²) < 4.78 is 32.8. The van der Waals surface area contributed by atoms with E-state index in [9.17, 15) is 35.4 Å². The lowest BCUT2D eigenvalue weighted by atomic mass is 9.96. The van der Waals surface area contributed by atoms with Crippen LogP contribution in [0.1, 0.15) is 39.5 Å². The maximum absolute atomic E-state index is 15.9. The quantitative estimate of drug-likeness (QED) is 0.0680. The van der Waals surface area contributed by atoms with Gasteiger partial charge in [-0.1, -0.05) is 12.8 Å². The topological polar surface area (TPSA) is 209 Å². The molecule has 5 aromatic rings. The molecule has 246 valence electrons. The number of hydrogen-bond donors (Lipinski definition) is 7. The van der Waals surface area contributed by atoms with Crippen LogP contribution in [0.25, 0.3) is 44.3 Å². The molecule has 0 unspecified atom stereocenters. The number of H-pyrrole nitrogens is 1. The maximum Gasteiger partial charge on any atom is 0.389 e. The molecule has 0 atom stereocenters. The van der Waals surface area contributed by atoms with Gasteiger partial charge < -0.3 is 40.5 Å². The zero-order valence-corrected chi connectivity index (χ0v) is 25.4. The molecule has 6 rings (SSSR count). The Balaban J connectivity index is 1.75. The van der Waals surface area contributed by atoms with Crippen molar-refractivity contribution in [3.8, 4) is 22.4 Å². The van der Waals surface area contributed by atoms with Gasteiger partial charge >= 0.3 is 6.10 Å². The van der Waals surface area contributed by atoms with Gasteiger partial charge in [-0.2, -0.15) is 14.2 Å². The highest BCUT2D eigenvalue weighted by molar-refractivity contribution is 6.18. The van der Waals surface area contributed by atoms with E-state index < -0.39 is 34.9 Å². The largest absolute Gasteiger partial charge is 0.389 e. The van der Waals surface area contributed by atoms with Gasteiger partial charge in [0.2, 0.25) is 12.4 Å². The molecule has 1 saturated carbocycles. The van der Waals surface area contributed by atoms with E-state index >= 15 is 8.78 Å². The normalized spacial score (nSPS) is 14.9. The fourth-order valence-corrected chi connectivity index (χ4v) is 6.23. The van der Waals surface area contributed by atoms with E-state index in [-0.39, 0.29) is 67.3 Å². The van der Waals surface area contributed by atoms with Crippen LogP contribution < -0.4 is 9.80 Å². The van der Waals surface area contributed by atoms with Crippen molar-refractivity contribution in [2.45, 2.75) is 63.2 Å². The molecule has 0 saturated heterocycles. The molecular weight excluding hydrogens is 621 g/mol. The van der Waals surface area contributed by atoms with Crippen molar-refractivity contribution in [2.75, 3.05) is 16.8 Å². The SMILES string of the molecule is [B]C(O)(O)N(C=O)c1cnc2[nH]c(-c3cn(C(C)(C)O)nc3F)c(-c3cc(F)c4c(cnn4C(O)(O)O)c3)c2c1N(C)C1CCCC1. The second-order valence-corrected chi connectivity index (χ2v) is 12.1. The first-order valence-corrected chi connectivity index (χ1v) is 14.5. The average Bonchev–Trinajstić information content (AvgIpc) is 3.76. The molecule has 1 amide bonds. The molecule has 1 aliphatic carbocycles.